The molecule has 4 rings (SSSR count). The Hall–Kier alpha value is -3.40. The number of methoxy groups -OCH3 is 1. The van der Waals surface area contributed by atoms with Gasteiger partial charge in [-0.2, -0.15) is 0 Å². The Balaban J connectivity index is 1.50. The number of carbonyl (C=O) groups excluding carboxylic acids is 2. The van der Waals surface area contributed by atoms with E-state index in [-0.39, 0.29) is 30.5 Å². The molecular weight excluding hydrogens is 468 g/mol. The molecule has 1 aliphatic rings. The number of aryl methyl sites for hydroxylation is 2. The molecule has 3 heterocycles. The highest BCUT2D eigenvalue weighted by Gasteiger charge is 2.22. The van der Waals surface area contributed by atoms with Crippen molar-refractivity contribution in [1.82, 2.24) is 19.8 Å². The average molecular weight is 499 g/mol. The predicted octanol–water partition coefficient (Wildman–Crippen LogP) is 2.90. The van der Waals surface area contributed by atoms with Crippen LogP contribution in [-0.2, 0) is 24.3 Å². The quantitative estimate of drug-likeness (QED) is 0.537. The van der Waals surface area contributed by atoms with Gasteiger partial charge in [0.15, 0.2) is 18.1 Å². The third-order valence-electron chi connectivity index (χ3n) is 6.15. The monoisotopic (exact) mass is 498 g/mol. The standard InChI is InChI=1S/C25H30N4O5S/c1-15-21-24(27-19-8-6-5-7-11-29(19)25(21)32)35-22(15)23(31)26-13-16-9-10-17(18(12-16)33-4)34-14-20(30)28(2)3/h9-10,12H,5-8,11,13-14H2,1-4H3,(H,26,31). The molecule has 1 aliphatic heterocycles. The van der Waals surface area contributed by atoms with Crippen molar-refractivity contribution >= 4 is 33.4 Å². The van der Waals surface area contributed by atoms with E-state index in [9.17, 15) is 14.4 Å². The first-order valence-corrected chi connectivity index (χ1v) is 12.4. The smallest absolute Gasteiger partial charge is 0.262 e. The summed E-state index contributed by atoms with van der Waals surface area (Å²) in [5.74, 6) is 1.33. The first-order valence-electron chi connectivity index (χ1n) is 11.6. The fraction of sp³-hybridized carbons (Fsp3) is 0.440. The number of hydrogen-bond acceptors (Lipinski definition) is 7. The van der Waals surface area contributed by atoms with Gasteiger partial charge in [-0.25, -0.2) is 4.98 Å². The van der Waals surface area contributed by atoms with Crippen LogP contribution in [0.25, 0.3) is 10.2 Å². The highest BCUT2D eigenvalue weighted by molar-refractivity contribution is 7.20. The summed E-state index contributed by atoms with van der Waals surface area (Å²) in [7, 11) is 4.84. The fourth-order valence-electron chi connectivity index (χ4n) is 4.10. The lowest BCUT2D eigenvalue weighted by Gasteiger charge is -2.14. The van der Waals surface area contributed by atoms with Gasteiger partial charge in [-0.05, 0) is 43.0 Å². The van der Waals surface area contributed by atoms with Gasteiger partial charge in [0, 0.05) is 33.6 Å². The molecular formula is C25H30N4O5S. The topological polar surface area (TPSA) is 103 Å². The summed E-state index contributed by atoms with van der Waals surface area (Å²) in [6.07, 6.45) is 3.87. The SMILES string of the molecule is COc1cc(CNC(=O)c2sc3nc4n(c(=O)c3c2C)CCCCC4)ccc1OCC(=O)N(C)C. The molecule has 0 bridgehead atoms. The van der Waals surface area contributed by atoms with Gasteiger partial charge >= 0.3 is 0 Å². The third kappa shape index (κ3) is 5.17. The number of carbonyl (C=O) groups is 2. The molecule has 0 radical (unpaired) electrons. The number of hydrogen-bond donors (Lipinski definition) is 1. The van der Waals surface area contributed by atoms with Crippen molar-refractivity contribution in [2.75, 3.05) is 27.8 Å². The van der Waals surface area contributed by atoms with Crippen LogP contribution in [0.5, 0.6) is 11.5 Å². The molecule has 0 unspecified atom stereocenters. The van der Waals surface area contributed by atoms with Crippen LogP contribution in [0.3, 0.4) is 0 Å². The van der Waals surface area contributed by atoms with Crippen LogP contribution in [0.4, 0.5) is 0 Å². The molecule has 1 aromatic carbocycles. The van der Waals surface area contributed by atoms with E-state index in [2.05, 4.69) is 5.32 Å². The summed E-state index contributed by atoms with van der Waals surface area (Å²) < 4.78 is 12.7. The van der Waals surface area contributed by atoms with Crippen molar-refractivity contribution < 1.29 is 19.1 Å². The van der Waals surface area contributed by atoms with Gasteiger partial charge < -0.3 is 19.7 Å². The molecule has 0 saturated carbocycles. The molecule has 0 atom stereocenters. The van der Waals surface area contributed by atoms with Gasteiger partial charge in [-0.15, -0.1) is 11.3 Å². The zero-order valence-corrected chi connectivity index (χ0v) is 21.3. The Morgan fingerprint density at radius 1 is 1.20 bits per heavy atom. The summed E-state index contributed by atoms with van der Waals surface area (Å²) in [5.41, 5.74) is 1.43. The van der Waals surface area contributed by atoms with E-state index in [1.54, 1.807) is 36.9 Å². The minimum atomic E-state index is -0.249. The first-order chi connectivity index (χ1) is 16.8. The largest absolute Gasteiger partial charge is 0.493 e. The van der Waals surface area contributed by atoms with Gasteiger partial charge in [0.05, 0.1) is 17.4 Å². The molecule has 9 nitrogen and oxygen atoms in total. The Morgan fingerprint density at radius 2 is 2.00 bits per heavy atom. The van der Waals surface area contributed by atoms with Gasteiger partial charge in [0.25, 0.3) is 17.4 Å². The lowest BCUT2D eigenvalue weighted by molar-refractivity contribution is -0.130. The van der Waals surface area contributed by atoms with Crippen molar-refractivity contribution in [2.45, 2.75) is 45.7 Å². The Kier molecular flexibility index (Phi) is 7.39. The molecule has 0 saturated heterocycles. The summed E-state index contributed by atoms with van der Waals surface area (Å²) >= 11 is 1.27. The summed E-state index contributed by atoms with van der Waals surface area (Å²) in [6, 6.07) is 5.28. The summed E-state index contributed by atoms with van der Waals surface area (Å²) in [4.78, 5) is 45.3. The zero-order valence-electron chi connectivity index (χ0n) is 20.5. The maximum Gasteiger partial charge on any atom is 0.262 e. The van der Waals surface area contributed by atoms with Crippen molar-refractivity contribution in [3.05, 3.63) is 50.4 Å². The molecule has 0 aliphatic carbocycles. The van der Waals surface area contributed by atoms with E-state index >= 15 is 0 Å². The number of fused-ring (bicyclic) bond motifs is 2. The van der Waals surface area contributed by atoms with Gasteiger partial charge in [-0.1, -0.05) is 12.5 Å². The van der Waals surface area contributed by atoms with Crippen molar-refractivity contribution in [1.29, 1.82) is 0 Å². The number of rotatable bonds is 7. The fourth-order valence-corrected chi connectivity index (χ4v) is 5.21. The number of likely N-dealkylation sites (N-methyl/N-ethyl adjacent to an activating group) is 1. The zero-order chi connectivity index (χ0) is 25.1. The van der Waals surface area contributed by atoms with E-state index in [0.29, 0.717) is 38.7 Å². The molecule has 186 valence electrons. The summed E-state index contributed by atoms with van der Waals surface area (Å²) in [6.45, 7) is 2.66. The number of nitrogens with one attached hydrogen (secondary N) is 1. The Bertz CT molecular complexity index is 1330. The first kappa shape index (κ1) is 24.7. The second-order valence-corrected chi connectivity index (χ2v) is 9.78. The van der Waals surface area contributed by atoms with E-state index < -0.39 is 0 Å². The normalized spacial score (nSPS) is 13.1. The number of amides is 2. The van der Waals surface area contributed by atoms with Crippen molar-refractivity contribution in [2.24, 2.45) is 0 Å². The molecule has 2 amide bonds. The minimum Gasteiger partial charge on any atom is -0.493 e. The highest BCUT2D eigenvalue weighted by atomic mass is 32.1. The van der Waals surface area contributed by atoms with Crippen LogP contribution in [0.2, 0.25) is 0 Å². The highest BCUT2D eigenvalue weighted by Crippen LogP contribution is 2.30. The predicted molar refractivity (Wildman–Crippen MR) is 135 cm³/mol. The molecule has 0 fully saturated rings. The second kappa shape index (κ2) is 10.5. The molecule has 35 heavy (non-hydrogen) atoms. The van der Waals surface area contributed by atoms with Gasteiger partial charge in [-0.3, -0.25) is 19.0 Å². The van der Waals surface area contributed by atoms with Crippen LogP contribution >= 0.6 is 11.3 Å². The molecule has 2 aromatic heterocycles. The van der Waals surface area contributed by atoms with Crippen LogP contribution in [0, 0.1) is 6.92 Å². The van der Waals surface area contributed by atoms with Crippen molar-refractivity contribution in [3.63, 3.8) is 0 Å². The number of thiophene rings is 1. The Labute approximate surface area is 207 Å². The molecule has 1 N–H and O–H groups in total. The van der Waals surface area contributed by atoms with E-state index in [1.807, 2.05) is 6.92 Å². The van der Waals surface area contributed by atoms with Gasteiger partial charge in [0.1, 0.15) is 10.7 Å². The molecule has 3 aromatic rings. The van der Waals surface area contributed by atoms with Crippen LogP contribution in [0.15, 0.2) is 23.0 Å². The van der Waals surface area contributed by atoms with Crippen LogP contribution in [0.1, 0.15) is 45.9 Å². The maximum atomic E-state index is 13.1. The third-order valence-corrected chi connectivity index (χ3v) is 7.33. The van der Waals surface area contributed by atoms with E-state index in [1.165, 1.54) is 23.3 Å². The summed E-state index contributed by atoms with van der Waals surface area (Å²) in [5, 5.41) is 3.47. The lowest BCUT2D eigenvalue weighted by atomic mass is 10.1. The number of ether oxygens (including phenoxy) is 2. The molecule has 0 spiro atoms. The second-order valence-electron chi connectivity index (χ2n) is 8.78. The van der Waals surface area contributed by atoms with Crippen LogP contribution < -0.4 is 20.3 Å². The average Bonchev–Trinajstić information content (AvgIpc) is 3.01. The van der Waals surface area contributed by atoms with Crippen molar-refractivity contribution in [3.8, 4) is 11.5 Å². The van der Waals surface area contributed by atoms with Gasteiger partial charge in [0.2, 0.25) is 0 Å². The van der Waals surface area contributed by atoms with E-state index in [0.717, 1.165) is 37.1 Å². The number of nitrogens with zero attached hydrogens (tertiary/aromatic N) is 3. The van der Waals surface area contributed by atoms with E-state index in [4.69, 9.17) is 14.5 Å². The number of benzene rings is 1. The maximum absolute atomic E-state index is 13.1. The lowest BCUT2D eigenvalue weighted by Crippen LogP contribution is -2.27. The minimum absolute atomic E-state index is 0.0484. The molecule has 10 heteroatoms. The number of aromatic nitrogens is 2. The van der Waals surface area contributed by atoms with Crippen LogP contribution in [-0.4, -0.2) is 54.1 Å². The Morgan fingerprint density at radius 3 is 2.74 bits per heavy atom.